The second-order valence-corrected chi connectivity index (χ2v) is 5.87. The Hall–Kier alpha value is -2.21. The van der Waals surface area contributed by atoms with Gasteiger partial charge in [0, 0.05) is 37.7 Å². The second kappa shape index (κ2) is 6.91. The van der Waals surface area contributed by atoms with Crippen molar-refractivity contribution < 1.29 is 9.53 Å². The highest BCUT2D eigenvalue weighted by Gasteiger charge is 2.27. The first-order valence-corrected chi connectivity index (χ1v) is 8.00. The minimum absolute atomic E-state index is 0.0235. The quantitative estimate of drug-likeness (QED) is 0.937. The molecule has 1 fully saturated rings. The highest BCUT2D eigenvalue weighted by molar-refractivity contribution is 5.95. The summed E-state index contributed by atoms with van der Waals surface area (Å²) in [6, 6.07) is 1.89. The van der Waals surface area contributed by atoms with Gasteiger partial charge in [0.25, 0.3) is 5.91 Å². The lowest BCUT2D eigenvalue weighted by Gasteiger charge is -2.30. The molecule has 0 spiro atoms. The molecule has 1 N–H and O–H groups in total. The number of pyridine rings is 1. The van der Waals surface area contributed by atoms with Crippen molar-refractivity contribution >= 4 is 5.91 Å². The molecule has 0 saturated carbocycles. The first kappa shape index (κ1) is 15.7. The summed E-state index contributed by atoms with van der Waals surface area (Å²) in [5.74, 6) is -0.0279. The number of carbonyl (C=O) groups excluding carboxylic acids is 1. The van der Waals surface area contributed by atoms with E-state index in [1.807, 2.05) is 24.7 Å². The van der Waals surface area contributed by atoms with Crippen LogP contribution < -0.4 is 5.32 Å². The third-order valence-electron chi connectivity index (χ3n) is 4.33. The standard InChI is InChI=1S/C17H22N4O2/c1-3-12-9-18-6-4-14(12)17(22)20-13-5-7-23-16(8-13)15-10-19-11-21(15)2/h4,6,9-11,13,16H,3,5,7-8H2,1-2H3,(H,20,22)/t13-,16-/m1/s1. The van der Waals surface area contributed by atoms with Gasteiger partial charge in [0.1, 0.15) is 6.10 Å². The molecular formula is C17H22N4O2. The number of amides is 1. The third-order valence-corrected chi connectivity index (χ3v) is 4.33. The molecule has 3 heterocycles. The number of imidazole rings is 1. The van der Waals surface area contributed by atoms with Gasteiger partial charge in [0.2, 0.25) is 0 Å². The fourth-order valence-corrected chi connectivity index (χ4v) is 3.01. The number of nitrogens with one attached hydrogen (secondary N) is 1. The van der Waals surface area contributed by atoms with Gasteiger partial charge in [-0.05, 0) is 30.9 Å². The minimum Gasteiger partial charge on any atom is -0.372 e. The Morgan fingerprint density at radius 2 is 2.30 bits per heavy atom. The first-order valence-electron chi connectivity index (χ1n) is 8.00. The van der Waals surface area contributed by atoms with Crippen molar-refractivity contribution in [1.82, 2.24) is 19.9 Å². The Labute approximate surface area is 135 Å². The smallest absolute Gasteiger partial charge is 0.251 e. The lowest BCUT2D eigenvalue weighted by molar-refractivity contribution is -0.00302. The second-order valence-electron chi connectivity index (χ2n) is 5.87. The van der Waals surface area contributed by atoms with E-state index in [1.165, 1.54) is 0 Å². The zero-order valence-electron chi connectivity index (χ0n) is 13.5. The molecule has 6 nitrogen and oxygen atoms in total. The van der Waals surface area contributed by atoms with Crippen LogP contribution >= 0.6 is 0 Å². The highest BCUT2D eigenvalue weighted by atomic mass is 16.5. The van der Waals surface area contributed by atoms with E-state index in [0.29, 0.717) is 12.2 Å². The average molecular weight is 314 g/mol. The number of hydrogen-bond acceptors (Lipinski definition) is 4. The molecule has 0 bridgehead atoms. The number of aryl methyl sites for hydroxylation is 2. The molecule has 3 rings (SSSR count). The van der Waals surface area contributed by atoms with Crippen LogP contribution in [0.3, 0.4) is 0 Å². The Morgan fingerprint density at radius 1 is 1.43 bits per heavy atom. The molecule has 0 radical (unpaired) electrons. The molecule has 122 valence electrons. The van der Waals surface area contributed by atoms with Crippen LogP contribution in [0.5, 0.6) is 0 Å². The molecule has 2 aromatic rings. The molecule has 23 heavy (non-hydrogen) atoms. The third kappa shape index (κ3) is 3.42. The van der Waals surface area contributed by atoms with E-state index in [1.54, 1.807) is 24.8 Å². The molecule has 1 aliphatic heterocycles. The van der Waals surface area contributed by atoms with Crippen LogP contribution in [0, 0.1) is 0 Å². The predicted molar refractivity (Wildman–Crippen MR) is 86.0 cm³/mol. The molecule has 2 aromatic heterocycles. The van der Waals surface area contributed by atoms with Crippen LogP contribution in [0.2, 0.25) is 0 Å². The normalized spacial score (nSPS) is 21.1. The van der Waals surface area contributed by atoms with E-state index in [-0.39, 0.29) is 18.1 Å². The van der Waals surface area contributed by atoms with Crippen molar-refractivity contribution in [2.45, 2.75) is 38.3 Å². The molecule has 1 amide bonds. The van der Waals surface area contributed by atoms with Gasteiger partial charge in [0.05, 0.1) is 18.2 Å². The van der Waals surface area contributed by atoms with Crippen LogP contribution in [0.25, 0.3) is 0 Å². The molecule has 0 aliphatic carbocycles. The van der Waals surface area contributed by atoms with E-state index in [2.05, 4.69) is 15.3 Å². The van der Waals surface area contributed by atoms with Gasteiger partial charge in [-0.25, -0.2) is 4.98 Å². The van der Waals surface area contributed by atoms with Crippen molar-refractivity contribution in [2.24, 2.45) is 7.05 Å². The molecule has 0 unspecified atom stereocenters. The van der Waals surface area contributed by atoms with Gasteiger partial charge in [-0.2, -0.15) is 0 Å². The highest BCUT2D eigenvalue weighted by Crippen LogP contribution is 2.27. The van der Waals surface area contributed by atoms with Crippen LogP contribution in [-0.4, -0.2) is 33.1 Å². The summed E-state index contributed by atoms with van der Waals surface area (Å²) in [6.07, 6.45) is 9.38. The topological polar surface area (TPSA) is 69.0 Å². The van der Waals surface area contributed by atoms with Gasteiger partial charge in [0.15, 0.2) is 0 Å². The Balaban J connectivity index is 1.68. The zero-order valence-corrected chi connectivity index (χ0v) is 13.5. The van der Waals surface area contributed by atoms with Gasteiger partial charge < -0.3 is 14.6 Å². The van der Waals surface area contributed by atoms with E-state index in [9.17, 15) is 4.79 Å². The molecule has 1 saturated heterocycles. The van der Waals surface area contributed by atoms with E-state index in [4.69, 9.17) is 4.74 Å². The minimum atomic E-state index is -0.0279. The van der Waals surface area contributed by atoms with Crippen molar-refractivity contribution in [3.63, 3.8) is 0 Å². The van der Waals surface area contributed by atoms with Gasteiger partial charge >= 0.3 is 0 Å². The summed E-state index contributed by atoms with van der Waals surface area (Å²) in [6.45, 7) is 2.67. The summed E-state index contributed by atoms with van der Waals surface area (Å²) in [4.78, 5) is 20.8. The monoisotopic (exact) mass is 314 g/mol. The van der Waals surface area contributed by atoms with Crippen LogP contribution in [0.4, 0.5) is 0 Å². The number of nitrogens with zero attached hydrogens (tertiary/aromatic N) is 3. The lowest BCUT2D eigenvalue weighted by Crippen LogP contribution is -2.40. The maximum atomic E-state index is 12.6. The van der Waals surface area contributed by atoms with Crippen LogP contribution in [0.15, 0.2) is 31.0 Å². The SMILES string of the molecule is CCc1cnccc1C(=O)N[C@@H]1CCO[C@@H](c2cncn2C)C1. The van der Waals surface area contributed by atoms with Crippen LogP contribution in [-0.2, 0) is 18.2 Å². The first-order chi connectivity index (χ1) is 11.2. The molecule has 0 aromatic carbocycles. The van der Waals surface area contributed by atoms with Crippen molar-refractivity contribution in [1.29, 1.82) is 0 Å². The van der Waals surface area contributed by atoms with E-state index >= 15 is 0 Å². The summed E-state index contributed by atoms with van der Waals surface area (Å²) in [5, 5.41) is 3.14. The lowest BCUT2D eigenvalue weighted by atomic mass is 10.00. The summed E-state index contributed by atoms with van der Waals surface area (Å²) < 4.78 is 7.81. The Kier molecular flexibility index (Phi) is 4.71. The number of carbonyl (C=O) groups is 1. The Morgan fingerprint density at radius 3 is 3.04 bits per heavy atom. The fourth-order valence-electron chi connectivity index (χ4n) is 3.01. The van der Waals surface area contributed by atoms with Crippen molar-refractivity contribution in [3.8, 4) is 0 Å². The molecular weight excluding hydrogens is 292 g/mol. The van der Waals surface area contributed by atoms with E-state index in [0.717, 1.165) is 30.5 Å². The van der Waals surface area contributed by atoms with Crippen molar-refractivity contribution in [2.75, 3.05) is 6.61 Å². The van der Waals surface area contributed by atoms with Gasteiger partial charge in [-0.1, -0.05) is 6.92 Å². The summed E-state index contributed by atoms with van der Waals surface area (Å²) in [5.41, 5.74) is 2.73. The number of hydrogen-bond donors (Lipinski definition) is 1. The zero-order chi connectivity index (χ0) is 16.2. The van der Waals surface area contributed by atoms with Gasteiger partial charge in [-0.3, -0.25) is 9.78 Å². The maximum absolute atomic E-state index is 12.6. The number of aromatic nitrogens is 3. The van der Waals surface area contributed by atoms with Crippen LogP contribution in [0.1, 0.15) is 47.5 Å². The fraction of sp³-hybridized carbons (Fsp3) is 0.471. The maximum Gasteiger partial charge on any atom is 0.251 e. The largest absolute Gasteiger partial charge is 0.372 e. The average Bonchev–Trinajstić information content (AvgIpc) is 3.01. The van der Waals surface area contributed by atoms with Crippen molar-refractivity contribution in [3.05, 3.63) is 47.8 Å². The number of rotatable bonds is 4. The summed E-state index contributed by atoms with van der Waals surface area (Å²) in [7, 11) is 1.96. The van der Waals surface area contributed by atoms with E-state index < -0.39 is 0 Å². The molecule has 1 aliphatic rings. The summed E-state index contributed by atoms with van der Waals surface area (Å²) >= 11 is 0. The predicted octanol–water partition coefficient (Wildman–Crippen LogP) is 2.03. The molecule has 6 heteroatoms. The number of ether oxygens (including phenoxy) is 1. The molecule has 2 atom stereocenters. The Bertz CT molecular complexity index is 683. The van der Waals surface area contributed by atoms with Gasteiger partial charge in [-0.15, -0.1) is 0 Å².